The highest BCUT2D eigenvalue weighted by Crippen LogP contribution is 2.13. The molecule has 0 spiro atoms. The van der Waals surface area contributed by atoms with Crippen molar-refractivity contribution in [3.05, 3.63) is 18.1 Å². The minimum absolute atomic E-state index is 0.0650. The molecule has 1 atom stereocenters. The molecule has 0 bridgehead atoms. The van der Waals surface area contributed by atoms with E-state index < -0.39 is 5.97 Å². The SMILES string of the molecule is CCC(C)Oc1nccnc1C(=O)O. The van der Waals surface area contributed by atoms with Gasteiger partial charge in [0.2, 0.25) is 11.6 Å². The van der Waals surface area contributed by atoms with E-state index in [0.717, 1.165) is 6.42 Å². The summed E-state index contributed by atoms with van der Waals surface area (Å²) in [5.74, 6) is -1.05. The standard InChI is InChI=1S/C9H12N2O3/c1-3-6(2)14-8-7(9(12)13)10-4-5-11-8/h4-6H,3H2,1-2H3,(H,12,13). The average Bonchev–Trinajstić information content (AvgIpc) is 2.18. The molecule has 0 amide bonds. The largest absolute Gasteiger partial charge is 0.476 e. The van der Waals surface area contributed by atoms with Crippen molar-refractivity contribution in [2.24, 2.45) is 0 Å². The topological polar surface area (TPSA) is 72.3 Å². The van der Waals surface area contributed by atoms with Crippen LogP contribution >= 0.6 is 0 Å². The molecule has 1 N–H and O–H groups in total. The van der Waals surface area contributed by atoms with E-state index in [-0.39, 0.29) is 17.7 Å². The predicted octanol–water partition coefficient (Wildman–Crippen LogP) is 1.35. The molecule has 0 aliphatic rings. The van der Waals surface area contributed by atoms with Gasteiger partial charge < -0.3 is 9.84 Å². The van der Waals surface area contributed by atoms with Crippen LogP contribution in [0.1, 0.15) is 30.8 Å². The Morgan fingerprint density at radius 2 is 2.21 bits per heavy atom. The lowest BCUT2D eigenvalue weighted by molar-refractivity contribution is 0.0680. The molecule has 0 saturated carbocycles. The molecule has 76 valence electrons. The summed E-state index contributed by atoms with van der Waals surface area (Å²) >= 11 is 0. The Morgan fingerprint density at radius 3 is 2.79 bits per heavy atom. The van der Waals surface area contributed by atoms with Crippen LogP contribution in [-0.2, 0) is 0 Å². The van der Waals surface area contributed by atoms with Gasteiger partial charge in [0, 0.05) is 12.4 Å². The van der Waals surface area contributed by atoms with E-state index in [1.807, 2.05) is 13.8 Å². The molecule has 0 radical (unpaired) electrons. The minimum atomic E-state index is -1.13. The Balaban J connectivity index is 2.90. The molecule has 0 saturated heterocycles. The smallest absolute Gasteiger partial charge is 0.360 e. The number of carboxylic acid groups (broad SMARTS) is 1. The molecule has 0 aliphatic carbocycles. The van der Waals surface area contributed by atoms with Crippen LogP contribution in [-0.4, -0.2) is 27.1 Å². The fraction of sp³-hybridized carbons (Fsp3) is 0.444. The molecule has 1 heterocycles. The van der Waals surface area contributed by atoms with E-state index in [1.165, 1.54) is 12.4 Å². The van der Waals surface area contributed by atoms with Gasteiger partial charge in [0.05, 0.1) is 6.10 Å². The van der Waals surface area contributed by atoms with Crippen LogP contribution in [0.5, 0.6) is 5.88 Å². The van der Waals surface area contributed by atoms with Crippen molar-refractivity contribution in [2.75, 3.05) is 0 Å². The number of aromatic nitrogens is 2. The molecular weight excluding hydrogens is 184 g/mol. The van der Waals surface area contributed by atoms with Gasteiger partial charge in [-0.3, -0.25) is 0 Å². The summed E-state index contributed by atoms with van der Waals surface area (Å²) in [6, 6.07) is 0. The van der Waals surface area contributed by atoms with E-state index in [0.29, 0.717) is 0 Å². The molecule has 1 aromatic rings. The molecule has 1 unspecified atom stereocenters. The van der Waals surface area contributed by atoms with Crippen LogP contribution in [0.25, 0.3) is 0 Å². The van der Waals surface area contributed by atoms with Crippen molar-refractivity contribution in [2.45, 2.75) is 26.4 Å². The summed E-state index contributed by atoms with van der Waals surface area (Å²) in [6.07, 6.45) is 3.46. The first kappa shape index (κ1) is 10.4. The second-order valence-electron chi connectivity index (χ2n) is 2.85. The van der Waals surface area contributed by atoms with E-state index >= 15 is 0 Å². The number of ether oxygens (including phenoxy) is 1. The van der Waals surface area contributed by atoms with Crippen LogP contribution in [0, 0.1) is 0 Å². The van der Waals surface area contributed by atoms with Crippen molar-refractivity contribution in [3.8, 4) is 5.88 Å². The lowest BCUT2D eigenvalue weighted by Gasteiger charge is -2.11. The van der Waals surface area contributed by atoms with Gasteiger partial charge in [0.1, 0.15) is 0 Å². The lowest BCUT2D eigenvalue weighted by Crippen LogP contribution is -2.14. The molecule has 0 aliphatic heterocycles. The molecule has 1 rings (SSSR count). The Morgan fingerprint density at radius 1 is 1.57 bits per heavy atom. The summed E-state index contributed by atoms with van der Waals surface area (Å²) in [7, 11) is 0. The average molecular weight is 196 g/mol. The minimum Gasteiger partial charge on any atom is -0.476 e. The second kappa shape index (κ2) is 4.55. The lowest BCUT2D eigenvalue weighted by atomic mass is 10.3. The monoisotopic (exact) mass is 196 g/mol. The number of nitrogens with zero attached hydrogens (tertiary/aromatic N) is 2. The Labute approximate surface area is 81.8 Å². The fourth-order valence-corrected chi connectivity index (χ4v) is 0.832. The van der Waals surface area contributed by atoms with Crippen molar-refractivity contribution in [1.29, 1.82) is 0 Å². The van der Waals surface area contributed by atoms with Gasteiger partial charge in [0.15, 0.2) is 0 Å². The number of hydrogen-bond donors (Lipinski definition) is 1. The van der Waals surface area contributed by atoms with Gasteiger partial charge in [-0.1, -0.05) is 6.92 Å². The number of carbonyl (C=O) groups is 1. The quantitative estimate of drug-likeness (QED) is 0.786. The van der Waals surface area contributed by atoms with Crippen molar-refractivity contribution in [3.63, 3.8) is 0 Å². The van der Waals surface area contributed by atoms with Gasteiger partial charge in [-0.15, -0.1) is 0 Å². The molecule has 0 fully saturated rings. The van der Waals surface area contributed by atoms with Crippen molar-refractivity contribution < 1.29 is 14.6 Å². The molecular formula is C9H12N2O3. The normalized spacial score (nSPS) is 12.1. The molecule has 1 aromatic heterocycles. The third-order valence-electron chi connectivity index (χ3n) is 1.75. The molecule has 5 nitrogen and oxygen atoms in total. The van der Waals surface area contributed by atoms with Crippen LogP contribution in [0.3, 0.4) is 0 Å². The van der Waals surface area contributed by atoms with Crippen LogP contribution < -0.4 is 4.74 Å². The van der Waals surface area contributed by atoms with Gasteiger partial charge in [-0.05, 0) is 13.3 Å². The van der Waals surface area contributed by atoms with Gasteiger partial charge in [-0.2, -0.15) is 0 Å². The zero-order valence-corrected chi connectivity index (χ0v) is 8.10. The zero-order valence-electron chi connectivity index (χ0n) is 8.10. The molecule has 14 heavy (non-hydrogen) atoms. The highest BCUT2D eigenvalue weighted by atomic mass is 16.5. The Kier molecular flexibility index (Phi) is 3.39. The first-order valence-electron chi connectivity index (χ1n) is 4.36. The highest BCUT2D eigenvalue weighted by molar-refractivity contribution is 5.87. The third-order valence-corrected chi connectivity index (χ3v) is 1.75. The maximum absolute atomic E-state index is 10.7. The second-order valence-corrected chi connectivity index (χ2v) is 2.85. The first-order chi connectivity index (χ1) is 6.65. The van der Waals surface area contributed by atoms with E-state index in [9.17, 15) is 4.79 Å². The van der Waals surface area contributed by atoms with E-state index in [2.05, 4.69) is 9.97 Å². The van der Waals surface area contributed by atoms with Crippen molar-refractivity contribution in [1.82, 2.24) is 9.97 Å². The number of carboxylic acids is 1. The molecule has 5 heteroatoms. The number of hydrogen-bond acceptors (Lipinski definition) is 4. The summed E-state index contributed by atoms with van der Waals surface area (Å²) in [5, 5.41) is 8.77. The van der Waals surface area contributed by atoms with Gasteiger partial charge in [-0.25, -0.2) is 14.8 Å². The first-order valence-corrected chi connectivity index (χ1v) is 4.36. The summed E-state index contributed by atoms with van der Waals surface area (Å²) in [5.41, 5.74) is -0.146. The number of aromatic carboxylic acids is 1. The highest BCUT2D eigenvalue weighted by Gasteiger charge is 2.15. The van der Waals surface area contributed by atoms with Gasteiger partial charge >= 0.3 is 5.97 Å². The predicted molar refractivity (Wildman–Crippen MR) is 49.4 cm³/mol. The molecule has 0 aromatic carbocycles. The number of rotatable bonds is 4. The Hall–Kier alpha value is -1.65. The van der Waals surface area contributed by atoms with E-state index in [1.54, 1.807) is 0 Å². The third kappa shape index (κ3) is 2.42. The summed E-state index contributed by atoms with van der Waals surface area (Å²) in [4.78, 5) is 18.2. The van der Waals surface area contributed by atoms with Crippen LogP contribution in [0.2, 0.25) is 0 Å². The van der Waals surface area contributed by atoms with Crippen molar-refractivity contribution >= 4 is 5.97 Å². The van der Waals surface area contributed by atoms with Crippen LogP contribution in [0.4, 0.5) is 0 Å². The van der Waals surface area contributed by atoms with Gasteiger partial charge in [0.25, 0.3) is 0 Å². The van der Waals surface area contributed by atoms with Crippen LogP contribution in [0.15, 0.2) is 12.4 Å². The maximum atomic E-state index is 10.7. The fourth-order valence-electron chi connectivity index (χ4n) is 0.832. The summed E-state index contributed by atoms with van der Waals surface area (Å²) in [6.45, 7) is 3.79. The Bertz CT molecular complexity index is 328. The maximum Gasteiger partial charge on any atom is 0.360 e. The van der Waals surface area contributed by atoms with E-state index in [4.69, 9.17) is 9.84 Å². The summed E-state index contributed by atoms with van der Waals surface area (Å²) < 4.78 is 5.30. The zero-order chi connectivity index (χ0) is 10.6.